The van der Waals surface area contributed by atoms with Crippen molar-refractivity contribution in [1.29, 1.82) is 0 Å². The third-order valence-corrected chi connectivity index (χ3v) is 7.81. The van der Waals surface area contributed by atoms with Crippen LogP contribution in [-0.4, -0.2) is 74.4 Å². The van der Waals surface area contributed by atoms with Gasteiger partial charge in [0.25, 0.3) is 0 Å². The average molecular weight is 467 g/mol. The van der Waals surface area contributed by atoms with Crippen molar-refractivity contribution in [2.45, 2.75) is 128 Å². The van der Waals surface area contributed by atoms with Gasteiger partial charge in [-0.2, -0.15) is 0 Å². The number of hydrogen-bond donors (Lipinski definition) is 2. The summed E-state index contributed by atoms with van der Waals surface area (Å²) in [6.07, 6.45) is 24.9. The highest BCUT2D eigenvalue weighted by Crippen LogP contribution is 2.22. The van der Waals surface area contributed by atoms with Crippen molar-refractivity contribution in [3.63, 3.8) is 0 Å². The van der Waals surface area contributed by atoms with E-state index in [4.69, 9.17) is 16.2 Å². The number of rotatable bonds is 20. The first-order chi connectivity index (χ1) is 16.3. The standard InChI is InChI=1S/C28H58N4O/c29-19-11-7-3-1-5-9-13-21-31-23-15-27(16-24-31)33-28-17-25-32(26-18-28)22-14-10-6-2-4-8-12-20-30/h27-28H,1-26,29-30H2. The molecule has 2 fully saturated rings. The van der Waals surface area contributed by atoms with Gasteiger partial charge in [0.05, 0.1) is 12.2 Å². The topological polar surface area (TPSA) is 67.8 Å². The molecule has 33 heavy (non-hydrogen) atoms. The number of unbranched alkanes of at least 4 members (excludes halogenated alkanes) is 12. The van der Waals surface area contributed by atoms with Gasteiger partial charge in [0.15, 0.2) is 0 Å². The minimum Gasteiger partial charge on any atom is -0.375 e. The third kappa shape index (κ3) is 14.7. The molecular formula is C28H58N4O. The Hall–Kier alpha value is -0.200. The van der Waals surface area contributed by atoms with E-state index in [0.29, 0.717) is 12.2 Å². The molecule has 2 aliphatic rings. The normalized spacial score (nSPS) is 19.5. The molecule has 0 amide bonds. The molecule has 0 aromatic rings. The SMILES string of the molecule is NCCCCCCCCCN1CCC(OC2CCN(CCCCCCCCCN)CC2)CC1. The zero-order chi connectivity index (χ0) is 23.4. The number of nitrogens with zero attached hydrogens (tertiary/aromatic N) is 2. The number of ether oxygens (including phenoxy) is 1. The predicted molar refractivity (Wildman–Crippen MR) is 143 cm³/mol. The molecule has 0 aliphatic carbocycles. The number of nitrogens with two attached hydrogens (primary N) is 2. The van der Waals surface area contributed by atoms with Crippen LogP contribution in [0.15, 0.2) is 0 Å². The monoisotopic (exact) mass is 466 g/mol. The second-order valence-electron chi connectivity index (χ2n) is 10.7. The van der Waals surface area contributed by atoms with E-state index in [-0.39, 0.29) is 0 Å². The van der Waals surface area contributed by atoms with Crippen LogP contribution in [0.1, 0.15) is 116 Å². The van der Waals surface area contributed by atoms with E-state index in [2.05, 4.69) is 9.80 Å². The maximum atomic E-state index is 6.54. The van der Waals surface area contributed by atoms with Crippen LogP contribution in [0.4, 0.5) is 0 Å². The molecule has 0 aromatic heterocycles. The Labute approximate surface area is 206 Å². The van der Waals surface area contributed by atoms with Crippen molar-refractivity contribution in [2.24, 2.45) is 11.5 Å². The molecule has 2 saturated heterocycles. The van der Waals surface area contributed by atoms with Gasteiger partial charge in [-0.05, 0) is 77.5 Å². The van der Waals surface area contributed by atoms with Crippen LogP contribution in [0, 0.1) is 0 Å². The van der Waals surface area contributed by atoms with Crippen LogP contribution >= 0.6 is 0 Å². The van der Waals surface area contributed by atoms with Crippen molar-refractivity contribution in [3.05, 3.63) is 0 Å². The lowest BCUT2D eigenvalue weighted by molar-refractivity contribution is -0.0650. The lowest BCUT2D eigenvalue weighted by Gasteiger charge is -2.37. The number of hydrogen-bond acceptors (Lipinski definition) is 5. The van der Waals surface area contributed by atoms with Crippen LogP contribution in [0.2, 0.25) is 0 Å². The zero-order valence-corrected chi connectivity index (χ0v) is 22.0. The largest absolute Gasteiger partial charge is 0.375 e. The summed E-state index contributed by atoms with van der Waals surface area (Å²) in [5, 5.41) is 0. The first-order valence-electron chi connectivity index (χ1n) is 14.8. The van der Waals surface area contributed by atoms with E-state index in [1.165, 1.54) is 155 Å². The minimum absolute atomic E-state index is 0.514. The molecule has 0 radical (unpaired) electrons. The van der Waals surface area contributed by atoms with Crippen molar-refractivity contribution < 1.29 is 4.74 Å². The molecule has 0 saturated carbocycles. The summed E-state index contributed by atoms with van der Waals surface area (Å²) in [6.45, 7) is 9.27. The van der Waals surface area contributed by atoms with Gasteiger partial charge in [-0.25, -0.2) is 0 Å². The summed E-state index contributed by atoms with van der Waals surface area (Å²) in [6, 6.07) is 0. The summed E-state index contributed by atoms with van der Waals surface area (Å²) >= 11 is 0. The zero-order valence-electron chi connectivity index (χ0n) is 22.0. The maximum Gasteiger partial charge on any atom is 0.0603 e. The molecule has 0 aromatic carbocycles. The van der Waals surface area contributed by atoms with E-state index in [1.807, 2.05) is 0 Å². The molecule has 2 rings (SSSR count). The molecule has 5 nitrogen and oxygen atoms in total. The second kappa shape index (κ2) is 20.0. The summed E-state index contributed by atoms with van der Waals surface area (Å²) < 4.78 is 6.54. The maximum absolute atomic E-state index is 6.54. The van der Waals surface area contributed by atoms with Crippen LogP contribution in [-0.2, 0) is 4.74 Å². The van der Waals surface area contributed by atoms with Crippen molar-refractivity contribution in [3.8, 4) is 0 Å². The first-order valence-corrected chi connectivity index (χ1v) is 14.8. The minimum atomic E-state index is 0.514. The van der Waals surface area contributed by atoms with Gasteiger partial charge in [0, 0.05) is 26.2 Å². The average Bonchev–Trinajstić information content (AvgIpc) is 2.84. The van der Waals surface area contributed by atoms with Crippen LogP contribution in [0.5, 0.6) is 0 Å². The Bertz CT molecular complexity index is 382. The third-order valence-electron chi connectivity index (χ3n) is 7.81. The van der Waals surface area contributed by atoms with Crippen molar-refractivity contribution in [1.82, 2.24) is 9.80 Å². The molecule has 0 spiro atoms. The molecule has 2 heterocycles. The second-order valence-corrected chi connectivity index (χ2v) is 10.7. The Morgan fingerprint density at radius 1 is 0.455 bits per heavy atom. The predicted octanol–water partition coefficient (Wildman–Crippen LogP) is 5.31. The van der Waals surface area contributed by atoms with E-state index < -0.39 is 0 Å². The lowest BCUT2D eigenvalue weighted by atomic mass is 10.0. The van der Waals surface area contributed by atoms with Crippen LogP contribution in [0.3, 0.4) is 0 Å². The van der Waals surface area contributed by atoms with E-state index in [0.717, 1.165) is 13.1 Å². The smallest absolute Gasteiger partial charge is 0.0603 e. The van der Waals surface area contributed by atoms with Gasteiger partial charge in [0.2, 0.25) is 0 Å². The Balaban J connectivity index is 1.39. The molecule has 5 heteroatoms. The number of likely N-dealkylation sites (tertiary alicyclic amines) is 2. The molecule has 196 valence electrons. The van der Waals surface area contributed by atoms with Crippen LogP contribution < -0.4 is 11.5 Å². The molecule has 0 unspecified atom stereocenters. The highest BCUT2D eigenvalue weighted by Gasteiger charge is 2.25. The van der Waals surface area contributed by atoms with Gasteiger partial charge in [-0.1, -0.05) is 64.2 Å². The van der Waals surface area contributed by atoms with Crippen molar-refractivity contribution >= 4 is 0 Å². The van der Waals surface area contributed by atoms with Gasteiger partial charge >= 0.3 is 0 Å². The highest BCUT2D eigenvalue weighted by molar-refractivity contribution is 4.77. The Morgan fingerprint density at radius 3 is 1.09 bits per heavy atom. The quantitative estimate of drug-likeness (QED) is 0.238. The molecule has 2 aliphatic heterocycles. The van der Waals surface area contributed by atoms with Crippen molar-refractivity contribution in [2.75, 3.05) is 52.4 Å². The molecular weight excluding hydrogens is 408 g/mol. The fourth-order valence-electron chi connectivity index (χ4n) is 5.54. The van der Waals surface area contributed by atoms with E-state index in [9.17, 15) is 0 Å². The van der Waals surface area contributed by atoms with Gasteiger partial charge in [0.1, 0.15) is 0 Å². The molecule has 4 N–H and O–H groups in total. The summed E-state index contributed by atoms with van der Waals surface area (Å²) in [5.41, 5.74) is 11.1. The number of piperidine rings is 2. The van der Waals surface area contributed by atoms with Gasteiger partial charge in [-0.15, -0.1) is 0 Å². The summed E-state index contributed by atoms with van der Waals surface area (Å²) in [5.74, 6) is 0. The van der Waals surface area contributed by atoms with E-state index >= 15 is 0 Å². The Morgan fingerprint density at radius 2 is 0.758 bits per heavy atom. The Kier molecular flexibility index (Phi) is 17.6. The lowest BCUT2D eigenvalue weighted by Crippen LogP contribution is -2.42. The van der Waals surface area contributed by atoms with Gasteiger partial charge < -0.3 is 26.0 Å². The fraction of sp³-hybridized carbons (Fsp3) is 1.00. The summed E-state index contributed by atoms with van der Waals surface area (Å²) in [7, 11) is 0. The van der Waals surface area contributed by atoms with Gasteiger partial charge in [-0.3, -0.25) is 0 Å². The van der Waals surface area contributed by atoms with Crippen LogP contribution in [0.25, 0.3) is 0 Å². The molecule has 0 bridgehead atoms. The van der Waals surface area contributed by atoms with E-state index in [1.54, 1.807) is 0 Å². The fourth-order valence-corrected chi connectivity index (χ4v) is 5.54. The highest BCUT2D eigenvalue weighted by atomic mass is 16.5. The first kappa shape index (κ1) is 29.0. The summed E-state index contributed by atoms with van der Waals surface area (Å²) in [4.78, 5) is 5.35. The molecule has 0 atom stereocenters.